The van der Waals surface area contributed by atoms with Crippen LogP contribution in [0.4, 0.5) is 10.5 Å². The zero-order chi connectivity index (χ0) is 28.0. The molecule has 8 nitrogen and oxygen atoms in total. The highest BCUT2D eigenvalue weighted by atomic mass is 35.5. The van der Waals surface area contributed by atoms with Crippen molar-refractivity contribution in [3.05, 3.63) is 99.5 Å². The maximum absolute atomic E-state index is 14.0. The third-order valence-electron chi connectivity index (χ3n) is 6.91. The Kier molecular flexibility index (Phi) is 9.12. The molecular formula is C29H29Cl2N3O5. The van der Waals surface area contributed by atoms with Crippen LogP contribution in [0, 0.1) is 5.92 Å². The van der Waals surface area contributed by atoms with Crippen LogP contribution in [0.15, 0.2) is 72.8 Å². The number of anilines is 1. The van der Waals surface area contributed by atoms with Crippen molar-refractivity contribution in [2.75, 3.05) is 18.7 Å². The first-order valence-electron chi connectivity index (χ1n) is 12.5. The number of halogens is 2. The van der Waals surface area contributed by atoms with E-state index in [0.29, 0.717) is 46.2 Å². The lowest BCUT2D eigenvalue weighted by molar-refractivity contribution is -0.150. The van der Waals surface area contributed by atoms with Gasteiger partial charge in [0.15, 0.2) is 0 Å². The Hall–Kier alpha value is -3.59. The number of alkyl carbamates (subject to hydrolysis) is 1. The molecule has 2 atom stereocenters. The van der Waals surface area contributed by atoms with Gasteiger partial charge in [-0.3, -0.25) is 9.59 Å². The van der Waals surface area contributed by atoms with Gasteiger partial charge in [-0.2, -0.15) is 0 Å². The van der Waals surface area contributed by atoms with Gasteiger partial charge >= 0.3 is 12.1 Å². The van der Waals surface area contributed by atoms with Gasteiger partial charge in [-0.25, -0.2) is 15.6 Å². The summed E-state index contributed by atoms with van der Waals surface area (Å²) in [6.07, 6.45) is 0.724. The van der Waals surface area contributed by atoms with E-state index in [1.54, 1.807) is 42.5 Å². The number of nitrogens with two attached hydrogens (primary N) is 1. The molecule has 10 heteroatoms. The molecule has 1 heterocycles. The number of nitrogens with one attached hydrogen (secondary N) is 1. The minimum absolute atomic E-state index is 0.164. The van der Waals surface area contributed by atoms with E-state index in [9.17, 15) is 14.4 Å². The summed E-state index contributed by atoms with van der Waals surface area (Å²) >= 11 is 13.0. The molecule has 4 rings (SSSR count). The molecule has 0 radical (unpaired) electrons. The molecule has 2 amide bonds. The van der Waals surface area contributed by atoms with Crippen LogP contribution < -0.4 is 16.2 Å². The summed E-state index contributed by atoms with van der Waals surface area (Å²) in [6, 6.07) is 21.2. The molecule has 204 valence electrons. The summed E-state index contributed by atoms with van der Waals surface area (Å²) < 4.78 is 10.4. The predicted octanol–water partition coefficient (Wildman–Crippen LogP) is 5.39. The molecule has 1 aliphatic heterocycles. The first kappa shape index (κ1) is 28.4. The predicted molar refractivity (Wildman–Crippen MR) is 149 cm³/mol. The summed E-state index contributed by atoms with van der Waals surface area (Å²) in [4.78, 5) is 39.4. The second-order valence-corrected chi connectivity index (χ2v) is 10.0. The van der Waals surface area contributed by atoms with Crippen molar-refractivity contribution in [2.45, 2.75) is 31.3 Å². The molecule has 0 fully saturated rings. The number of methoxy groups -OCH3 is 1. The molecular weight excluding hydrogens is 541 g/mol. The maximum Gasteiger partial charge on any atom is 0.407 e. The van der Waals surface area contributed by atoms with Crippen LogP contribution in [0.1, 0.15) is 36.0 Å². The molecule has 3 N–H and O–H groups in total. The minimum Gasteiger partial charge on any atom is -0.469 e. The van der Waals surface area contributed by atoms with Crippen LogP contribution in [0.5, 0.6) is 0 Å². The normalized spacial score (nSPS) is 16.9. The number of hydrogen-bond acceptors (Lipinski definition) is 6. The summed E-state index contributed by atoms with van der Waals surface area (Å²) in [5.41, 5.74) is 0.678. The van der Waals surface area contributed by atoms with Crippen LogP contribution in [0.3, 0.4) is 0 Å². The number of benzene rings is 3. The number of carbonyl (C=O) groups is 3. The summed E-state index contributed by atoms with van der Waals surface area (Å²) in [5.74, 6) is 4.19. The number of esters is 1. The van der Waals surface area contributed by atoms with Gasteiger partial charge in [-0.1, -0.05) is 78.2 Å². The molecule has 0 bridgehead atoms. The number of rotatable bonds is 10. The van der Waals surface area contributed by atoms with Crippen LogP contribution in [-0.2, 0) is 31.1 Å². The number of nitrogens with zero attached hydrogens (tertiary/aromatic N) is 1. The van der Waals surface area contributed by atoms with Crippen LogP contribution in [-0.4, -0.2) is 31.6 Å². The van der Waals surface area contributed by atoms with Gasteiger partial charge in [0, 0.05) is 16.6 Å². The van der Waals surface area contributed by atoms with Crippen LogP contribution in [0.25, 0.3) is 0 Å². The van der Waals surface area contributed by atoms with Crippen molar-refractivity contribution in [1.82, 2.24) is 5.32 Å². The SMILES string of the molecule is COC(=O)C(CCCCNC(=O)OCc1ccccc1)C1(c2ccccc2Cl)C(=O)N(N)c2ccc(Cl)cc21. The van der Waals surface area contributed by atoms with E-state index in [2.05, 4.69) is 5.32 Å². The van der Waals surface area contributed by atoms with Gasteiger partial charge in [0.2, 0.25) is 0 Å². The highest BCUT2D eigenvalue weighted by Gasteiger charge is 2.59. The lowest BCUT2D eigenvalue weighted by Crippen LogP contribution is -2.51. The molecule has 0 saturated carbocycles. The van der Waals surface area contributed by atoms with Crippen LogP contribution in [0.2, 0.25) is 10.0 Å². The van der Waals surface area contributed by atoms with Crippen molar-refractivity contribution in [1.29, 1.82) is 0 Å². The molecule has 39 heavy (non-hydrogen) atoms. The molecule has 1 aliphatic rings. The number of ether oxygens (including phenoxy) is 2. The van der Waals surface area contributed by atoms with Gasteiger partial charge in [-0.05, 0) is 53.8 Å². The molecule has 2 unspecified atom stereocenters. The summed E-state index contributed by atoms with van der Waals surface area (Å²) in [7, 11) is 1.28. The quantitative estimate of drug-likeness (QED) is 0.147. The van der Waals surface area contributed by atoms with Gasteiger partial charge in [0.1, 0.15) is 12.0 Å². The summed E-state index contributed by atoms with van der Waals surface area (Å²) in [5, 5.41) is 4.45. The summed E-state index contributed by atoms with van der Waals surface area (Å²) in [6.45, 7) is 0.483. The minimum atomic E-state index is -1.55. The molecule has 0 saturated heterocycles. The molecule has 0 spiro atoms. The number of hydrazine groups is 1. The van der Waals surface area contributed by atoms with E-state index in [1.165, 1.54) is 7.11 Å². The third-order valence-corrected chi connectivity index (χ3v) is 7.47. The number of unbranched alkanes of at least 4 members (excludes halogenated alkanes) is 1. The van der Waals surface area contributed by atoms with Gasteiger partial charge in [0.25, 0.3) is 5.91 Å². The highest BCUT2D eigenvalue weighted by Crippen LogP contribution is 2.53. The Bertz CT molecular complexity index is 1350. The van der Waals surface area contributed by atoms with E-state index in [4.69, 9.17) is 38.5 Å². The fourth-order valence-electron chi connectivity index (χ4n) is 5.11. The molecule has 0 aliphatic carbocycles. The number of hydrogen-bond donors (Lipinski definition) is 2. The Morgan fingerprint density at radius 3 is 2.44 bits per heavy atom. The van der Waals surface area contributed by atoms with Crippen molar-refractivity contribution >= 4 is 46.9 Å². The molecule has 3 aromatic carbocycles. The standard InChI is InChI=1S/C29H29Cl2N3O5/c1-38-26(35)22(12-7-8-16-33-28(37)39-18-19-9-3-2-4-10-19)29(21-11-5-6-13-24(21)31)23-17-20(30)14-15-25(23)34(32)27(29)36/h2-6,9-11,13-15,17,22H,7-8,12,16,18,32H2,1H3,(H,33,37). The van der Waals surface area contributed by atoms with Crippen molar-refractivity contribution in [3.63, 3.8) is 0 Å². The van der Waals surface area contributed by atoms with E-state index in [1.807, 2.05) is 30.3 Å². The van der Waals surface area contributed by atoms with Gasteiger partial charge < -0.3 is 14.8 Å². The first-order chi connectivity index (χ1) is 18.8. The number of fused-ring (bicyclic) bond motifs is 1. The average molecular weight is 570 g/mol. The van der Waals surface area contributed by atoms with Crippen LogP contribution >= 0.6 is 23.2 Å². The third kappa shape index (κ3) is 5.73. The Balaban J connectivity index is 1.55. The van der Waals surface area contributed by atoms with E-state index < -0.39 is 29.3 Å². The average Bonchev–Trinajstić information content (AvgIpc) is 3.16. The van der Waals surface area contributed by atoms with Crippen molar-refractivity contribution in [2.24, 2.45) is 11.8 Å². The first-order valence-corrected chi connectivity index (χ1v) is 13.2. The van der Waals surface area contributed by atoms with E-state index in [0.717, 1.165) is 10.6 Å². The smallest absolute Gasteiger partial charge is 0.407 e. The number of carbonyl (C=O) groups excluding carboxylic acids is 3. The lowest BCUT2D eigenvalue weighted by Gasteiger charge is -2.36. The number of amides is 2. The van der Waals surface area contributed by atoms with Crippen molar-refractivity contribution in [3.8, 4) is 0 Å². The monoisotopic (exact) mass is 569 g/mol. The van der Waals surface area contributed by atoms with Crippen molar-refractivity contribution < 1.29 is 23.9 Å². The maximum atomic E-state index is 14.0. The lowest BCUT2D eigenvalue weighted by atomic mass is 9.64. The molecule has 3 aromatic rings. The zero-order valence-electron chi connectivity index (χ0n) is 21.4. The Morgan fingerprint density at radius 2 is 1.72 bits per heavy atom. The van der Waals surface area contributed by atoms with E-state index >= 15 is 0 Å². The van der Waals surface area contributed by atoms with E-state index in [-0.39, 0.29) is 13.0 Å². The fourth-order valence-corrected chi connectivity index (χ4v) is 5.56. The second kappa shape index (κ2) is 12.5. The Labute approximate surface area is 236 Å². The zero-order valence-corrected chi connectivity index (χ0v) is 22.9. The Morgan fingerprint density at radius 1 is 1.00 bits per heavy atom. The fraction of sp³-hybridized carbons (Fsp3) is 0.276. The largest absolute Gasteiger partial charge is 0.469 e. The highest BCUT2D eigenvalue weighted by molar-refractivity contribution is 6.33. The topological polar surface area (TPSA) is 111 Å². The van der Waals surface area contributed by atoms with Gasteiger partial charge in [0.05, 0.1) is 18.7 Å². The molecule has 0 aromatic heterocycles. The van der Waals surface area contributed by atoms with Gasteiger partial charge in [-0.15, -0.1) is 0 Å². The second-order valence-electron chi connectivity index (χ2n) is 9.18.